The molecule has 0 unspecified atom stereocenters. The van der Waals surface area contributed by atoms with Crippen molar-refractivity contribution in [3.63, 3.8) is 0 Å². The predicted molar refractivity (Wildman–Crippen MR) is 193 cm³/mol. The molecule has 0 aliphatic rings. The molecule has 6 heteroatoms. The van der Waals surface area contributed by atoms with Crippen LogP contribution in [0.1, 0.15) is 167 Å². The molecule has 266 valence electrons. The van der Waals surface area contributed by atoms with E-state index in [2.05, 4.69) is 55.5 Å². The normalized spacial score (nSPS) is 12.7. The van der Waals surface area contributed by atoms with Crippen LogP contribution in [0.2, 0.25) is 0 Å². The van der Waals surface area contributed by atoms with Crippen molar-refractivity contribution in [1.29, 1.82) is 0 Å². The van der Waals surface area contributed by atoms with Gasteiger partial charge in [-0.25, -0.2) is 0 Å². The summed E-state index contributed by atoms with van der Waals surface area (Å²) in [7, 11) is 0. The second-order valence-corrected chi connectivity index (χ2v) is 12.4. The number of hydrogen-bond donors (Lipinski definition) is 2. The summed E-state index contributed by atoms with van der Waals surface area (Å²) >= 11 is 0. The van der Waals surface area contributed by atoms with E-state index in [9.17, 15) is 14.7 Å². The number of hydrogen-bond acceptors (Lipinski definition) is 6. The molecule has 0 radical (unpaired) electrons. The van der Waals surface area contributed by atoms with Gasteiger partial charge in [-0.2, -0.15) is 0 Å². The molecule has 0 spiro atoms. The number of aliphatic hydroxyl groups is 2. The average Bonchev–Trinajstić information content (AvgIpc) is 3.06. The highest BCUT2D eigenvalue weighted by molar-refractivity contribution is 5.70. The van der Waals surface area contributed by atoms with E-state index < -0.39 is 6.10 Å². The van der Waals surface area contributed by atoms with Crippen LogP contribution in [0.15, 0.2) is 48.6 Å². The number of esters is 2. The summed E-state index contributed by atoms with van der Waals surface area (Å²) in [6, 6.07) is 0. The molecule has 0 aromatic rings. The third kappa shape index (κ3) is 34.7. The molecule has 0 aromatic carbocycles. The molecular formula is C40H70O6. The van der Waals surface area contributed by atoms with Gasteiger partial charge in [-0.1, -0.05) is 145 Å². The number of carbonyl (C=O) groups excluding carboxylic acids is 2. The van der Waals surface area contributed by atoms with Gasteiger partial charge in [-0.05, 0) is 57.8 Å². The summed E-state index contributed by atoms with van der Waals surface area (Å²) in [5, 5.41) is 18.3. The van der Waals surface area contributed by atoms with Crippen molar-refractivity contribution in [2.75, 3.05) is 19.8 Å². The number of ether oxygens (including phenoxy) is 2. The molecule has 0 saturated carbocycles. The highest BCUT2D eigenvalue weighted by Crippen LogP contribution is 2.14. The van der Waals surface area contributed by atoms with Crippen molar-refractivity contribution < 1.29 is 29.3 Å². The van der Waals surface area contributed by atoms with E-state index in [0.29, 0.717) is 19.4 Å². The number of allylic oxidation sites excluding steroid dienone is 8. The van der Waals surface area contributed by atoms with E-state index in [-0.39, 0.29) is 31.6 Å². The fourth-order valence-electron chi connectivity index (χ4n) is 5.05. The van der Waals surface area contributed by atoms with Gasteiger partial charge in [0.05, 0.1) is 6.61 Å². The van der Waals surface area contributed by atoms with Crippen LogP contribution in [0.4, 0.5) is 0 Å². The summed E-state index contributed by atoms with van der Waals surface area (Å²) < 4.78 is 10.5. The van der Waals surface area contributed by atoms with Crippen molar-refractivity contribution in [3.8, 4) is 0 Å². The van der Waals surface area contributed by atoms with Crippen molar-refractivity contribution in [3.05, 3.63) is 48.6 Å². The lowest BCUT2D eigenvalue weighted by Gasteiger charge is -2.15. The van der Waals surface area contributed by atoms with E-state index in [1.165, 1.54) is 70.6 Å². The summed E-state index contributed by atoms with van der Waals surface area (Å²) in [5.41, 5.74) is 0. The van der Waals surface area contributed by atoms with Crippen LogP contribution in [0.3, 0.4) is 0 Å². The first-order valence-corrected chi connectivity index (χ1v) is 18.8. The van der Waals surface area contributed by atoms with Gasteiger partial charge >= 0.3 is 11.9 Å². The fourth-order valence-corrected chi connectivity index (χ4v) is 5.05. The number of aliphatic hydroxyl groups excluding tert-OH is 2. The lowest BCUT2D eigenvalue weighted by atomic mass is 10.0. The Hall–Kier alpha value is -2.18. The zero-order valence-electron chi connectivity index (χ0n) is 29.5. The number of unbranched alkanes of at least 4 members (excludes halogenated alkanes) is 17. The number of rotatable bonds is 34. The molecule has 0 fully saturated rings. The van der Waals surface area contributed by atoms with Crippen molar-refractivity contribution in [1.82, 2.24) is 0 Å². The molecule has 0 heterocycles. The van der Waals surface area contributed by atoms with Crippen LogP contribution in [-0.2, 0) is 19.1 Å². The minimum Gasteiger partial charge on any atom is -0.462 e. The molecule has 0 aliphatic heterocycles. The Bertz CT molecular complexity index is 785. The number of carbonyl (C=O) groups is 2. The second-order valence-electron chi connectivity index (χ2n) is 12.4. The lowest BCUT2D eigenvalue weighted by Crippen LogP contribution is -2.28. The van der Waals surface area contributed by atoms with Gasteiger partial charge in [0.25, 0.3) is 0 Å². The Morgan fingerprint density at radius 1 is 0.522 bits per heavy atom. The highest BCUT2D eigenvalue weighted by Gasteiger charge is 2.15. The zero-order valence-corrected chi connectivity index (χ0v) is 29.5. The smallest absolute Gasteiger partial charge is 0.306 e. The molecule has 0 saturated heterocycles. The Morgan fingerprint density at radius 3 is 1.46 bits per heavy atom. The Morgan fingerprint density at radius 2 is 0.957 bits per heavy atom. The van der Waals surface area contributed by atoms with Crippen LogP contribution in [0.5, 0.6) is 0 Å². The third-order valence-electron chi connectivity index (χ3n) is 7.93. The molecule has 0 aliphatic carbocycles. The van der Waals surface area contributed by atoms with Crippen molar-refractivity contribution in [2.45, 2.75) is 174 Å². The minimum atomic E-state index is -0.805. The molecule has 0 rings (SSSR count). The van der Waals surface area contributed by atoms with Crippen LogP contribution >= 0.6 is 0 Å². The van der Waals surface area contributed by atoms with Crippen LogP contribution in [0.25, 0.3) is 0 Å². The van der Waals surface area contributed by atoms with E-state index in [4.69, 9.17) is 14.6 Å². The maximum absolute atomic E-state index is 12.1. The minimum absolute atomic E-state index is 0.0933. The van der Waals surface area contributed by atoms with E-state index >= 15 is 0 Å². The molecule has 2 N–H and O–H groups in total. The molecule has 46 heavy (non-hydrogen) atoms. The average molecular weight is 647 g/mol. The monoisotopic (exact) mass is 647 g/mol. The highest BCUT2D eigenvalue weighted by atomic mass is 16.6. The van der Waals surface area contributed by atoms with Gasteiger partial charge in [0.2, 0.25) is 0 Å². The van der Waals surface area contributed by atoms with E-state index in [0.717, 1.165) is 70.6 Å². The first-order valence-electron chi connectivity index (χ1n) is 18.8. The first kappa shape index (κ1) is 43.8. The maximum Gasteiger partial charge on any atom is 0.306 e. The summed E-state index contributed by atoms with van der Waals surface area (Å²) in [6.07, 6.45) is 43.2. The summed E-state index contributed by atoms with van der Waals surface area (Å²) in [5.74, 6) is -0.670. The van der Waals surface area contributed by atoms with Gasteiger partial charge in [-0.15, -0.1) is 0 Å². The van der Waals surface area contributed by atoms with Crippen molar-refractivity contribution in [2.24, 2.45) is 0 Å². The molecular weight excluding hydrogens is 576 g/mol. The van der Waals surface area contributed by atoms with Gasteiger partial charge in [0, 0.05) is 19.4 Å². The van der Waals surface area contributed by atoms with Crippen LogP contribution < -0.4 is 0 Å². The maximum atomic E-state index is 12.1. The van der Waals surface area contributed by atoms with E-state index in [1.807, 2.05) is 0 Å². The molecule has 0 bridgehead atoms. The molecule has 0 amide bonds. The molecule has 0 aromatic heterocycles. The second kappa shape index (κ2) is 37.3. The Balaban J connectivity index is 3.67. The lowest BCUT2D eigenvalue weighted by molar-refractivity contribution is -0.161. The van der Waals surface area contributed by atoms with Gasteiger partial charge in [-0.3, -0.25) is 9.59 Å². The predicted octanol–water partition coefficient (Wildman–Crippen LogP) is 10.4. The summed E-state index contributed by atoms with van der Waals surface area (Å²) in [6.45, 7) is 2.10. The topological polar surface area (TPSA) is 93.1 Å². The summed E-state index contributed by atoms with van der Waals surface area (Å²) in [4.78, 5) is 24.2. The quantitative estimate of drug-likeness (QED) is 0.0410. The van der Waals surface area contributed by atoms with Gasteiger partial charge in [0.1, 0.15) is 6.61 Å². The van der Waals surface area contributed by atoms with E-state index in [1.54, 1.807) is 0 Å². The van der Waals surface area contributed by atoms with Crippen LogP contribution in [0, 0.1) is 0 Å². The standard InChI is InChI=1S/C40H70O6/c1-2-3-4-5-6-7-8-9-15-18-21-24-27-30-33-39(43)45-37-38(36-42)46-40(44)34-31-28-25-22-19-16-13-11-10-12-14-17-20-23-26-29-32-35-41/h10,12-13,16-17,20,22,25,38,41-42H,2-9,11,14-15,18-19,21,23-24,26-37H2,1H3/b12-10-,16-13-,20-17-,25-22-/t38-/m0/s1. The van der Waals surface area contributed by atoms with Gasteiger partial charge in [0.15, 0.2) is 6.10 Å². The fraction of sp³-hybridized carbons (Fsp3) is 0.750. The Labute approximate surface area is 282 Å². The molecule has 6 nitrogen and oxygen atoms in total. The van der Waals surface area contributed by atoms with Gasteiger partial charge < -0.3 is 19.7 Å². The largest absolute Gasteiger partial charge is 0.462 e. The first-order chi connectivity index (χ1) is 22.6. The zero-order chi connectivity index (χ0) is 33.6. The Kier molecular flexibility index (Phi) is 35.5. The van der Waals surface area contributed by atoms with Crippen LogP contribution in [-0.4, -0.2) is 48.1 Å². The SMILES string of the molecule is CCCCCCCCCCCCCCCCC(=O)OC[C@H](CO)OC(=O)CCC/C=C\C/C=C\C/C=C\C/C=C\CCCCCO. The van der Waals surface area contributed by atoms with Crippen molar-refractivity contribution >= 4 is 11.9 Å². The molecule has 1 atom stereocenters. The third-order valence-corrected chi connectivity index (χ3v) is 7.93.